The van der Waals surface area contributed by atoms with Crippen LogP contribution in [0.1, 0.15) is 6.42 Å². The molecular weight excluding hydrogens is 252 g/mol. The van der Waals surface area contributed by atoms with E-state index in [0.29, 0.717) is 13.2 Å². The van der Waals surface area contributed by atoms with E-state index in [0.717, 1.165) is 35.3 Å². The van der Waals surface area contributed by atoms with Gasteiger partial charge in [-0.1, -0.05) is 6.08 Å². The third kappa shape index (κ3) is 3.71. The van der Waals surface area contributed by atoms with Gasteiger partial charge in [0.25, 0.3) is 0 Å². The Morgan fingerprint density at radius 2 is 2.20 bits per heavy atom. The molecule has 1 aromatic heterocycles. The van der Waals surface area contributed by atoms with Gasteiger partial charge < -0.3 is 14.8 Å². The molecule has 0 aliphatic carbocycles. The third-order valence-corrected chi connectivity index (χ3v) is 2.98. The standard InChI is InChI=1S/C16H20N2O2/c1-3-4-10-20-11-9-18-16-15-6-5-14(19-2)12-13(15)7-8-17-16/h3,5-8,12H,1,4,9-11H2,2H3,(H,17,18). The number of ether oxygens (including phenoxy) is 2. The highest BCUT2D eigenvalue weighted by molar-refractivity contribution is 5.92. The normalized spacial score (nSPS) is 10.4. The molecule has 4 heteroatoms. The number of hydrogen-bond donors (Lipinski definition) is 1. The van der Waals surface area contributed by atoms with E-state index >= 15 is 0 Å². The van der Waals surface area contributed by atoms with Crippen molar-refractivity contribution >= 4 is 16.6 Å². The second-order valence-corrected chi connectivity index (χ2v) is 4.36. The summed E-state index contributed by atoms with van der Waals surface area (Å²) in [6.07, 6.45) is 4.53. The Morgan fingerprint density at radius 3 is 3.00 bits per heavy atom. The number of fused-ring (bicyclic) bond motifs is 1. The lowest BCUT2D eigenvalue weighted by Gasteiger charge is -2.10. The van der Waals surface area contributed by atoms with Crippen LogP contribution in [0.25, 0.3) is 10.8 Å². The van der Waals surface area contributed by atoms with E-state index in [9.17, 15) is 0 Å². The maximum Gasteiger partial charge on any atom is 0.133 e. The molecule has 2 aromatic rings. The minimum absolute atomic E-state index is 0.655. The molecule has 0 aliphatic heterocycles. The summed E-state index contributed by atoms with van der Waals surface area (Å²) < 4.78 is 10.7. The summed E-state index contributed by atoms with van der Waals surface area (Å²) >= 11 is 0. The maximum atomic E-state index is 5.46. The zero-order valence-electron chi connectivity index (χ0n) is 11.8. The number of pyridine rings is 1. The fraction of sp³-hybridized carbons (Fsp3) is 0.312. The van der Waals surface area contributed by atoms with Crippen molar-refractivity contribution < 1.29 is 9.47 Å². The molecular formula is C16H20N2O2. The molecule has 0 atom stereocenters. The first-order chi connectivity index (χ1) is 9.85. The first-order valence-electron chi connectivity index (χ1n) is 6.70. The highest BCUT2D eigenvalue weighted by atomic mass is 16.5. The minimum Gasteiger partial charge on any atom is -0.497 e. The van der Waals surface area contributed by atoms with Crippen LogP contribution in [-0.2, 0) is 4.74 Å². The Kier molecular flexibility index (Phi) is 5.38. The fourth-order valence-corrected chi connectivity index (χ4v) is 1.93. The van der Waals surface area contributed by atoms with E-state index in [1.165, 1.54) is 0 Å². The zero-order chi connectivity index (χ0) is 14.2. The first kappa shape index (κ1) is 14.3. The van der Waals surface area contributed by atoms with Gasteiger partial charge in [-0.15, -0.1) is 6.58 Å². The van der Waals surface area contributed by atoms with Crippen molar-refractivity contribution in [1.82, 2.24) is 4.98 Å². The zero-order valence-corrected chi connectivity index (χ0v) is 11.8. The Labute approximate surface area is 119 Å². The summed E-state index contributed by atoms with van der Waals surface area (Å²) in [5, 5.41) is 5.49. The van der Waals surface area contributed by atoms with Gasteiger partial charge in [-0.25, -0.2) is 4.98 Å². The average molecular weight is 272 g/mol. The molecule has 1 N–H and O–H groups in total. The van der Waals surface area contributed by atoms with Gasteiger partial charge in [0.05, 0.1) is 20.3 Å². The van der Waals surface area contributed by atoms with Crippen molar-refractivity contribution in [3.8, 4) is 5.75 Å². The molecule has 0 fully saturated rings. The van der Waals surface area contributed by atoms with Gasteiger partial charge in [0.2, 0.25) is 0 Å². The predicted molar refractivity (Wildman–Crippen MR) is 82.4 cm³/mol. The molecule has 0 saturated heterocycles. The highest BCUT2D eigenvalue weighted by Gasteiger charge is 2.03. The van der Waals surface area contributed by atoms with E-state index in [1.807, 2.05) is 30.3 Å². The lowest BCUT2D eigenvalue weighted by atomic mass is 10.1. The Bertz CT molecular complexity index is 569. The number of anilines is 1. The van der Waals surface area contributed by atoms with Gasteiger partial charge in [0, 0.05) is 18.1 Å². The van der Waals surface area contributed by atoms with Crippen LogP contribution in [0.3, 0.4) is 0 Å². The van der Waals surface area contributed by atoms with Crippen molar-refractivity contribution in [2.75, 3.05) is 32.2 Å². The van der Waals surface area contributed by atoms with Crippen LogP contribution >= 0.6 is 0 Å². The lowest BCUT2D eigenvalue weighted by Crippen LogP contribution is -2.11. The van der Waals surface area contributed by atoms with Gasteiger partial charge >= 0.3 is 0 Å². The Morgan fingerprint density at radius 1 is 1.30 bits per heavy atom. The Hall–Kier alpha value is -2.07. The van der Waals surface area contributed by atoms with Crippen LogP contribution < -0.4 is 10.1 Å². The van der Waals surface area contributed by atoms with Gasteiger partial charge in [0.15, 0.2) is 0 Å². The average Bonchev–Trinajstić information content (AvgIpc) is 2.50. The molecule has 0 unspecified atom stereocenters. The number of benzene rings is 1. The van der Waals surface area contributed by atoms with E-state index in [4.69, 9.17) is 9.47 Å². The van der Waals surface area contributed by atoms with Crippen molar-refractivity contribution in [3.63, 3.8) is 0 Å². The molecule has 4 nitrogen and oxygen atoms in total. The molecule has 0 radical (unpaired) electrons. The summed E-state index contributed by atoms with van der Waals surface area (Å²) in [4.78, 5) is 4.37. The molecule has 0 spiro atoms. The summed E-state index contributed by atoms with van der Waals surface area (Å²) in [6, 6.07) is 7.93. The predicted octanol–water partition coefficient (Wildman–Crippen LogP) is 3.25. The SMILES string of the molecule is C=CCCOCCNc1nccc2cc(OC)ccc12. The molecule has 0 bridgehead atoms. The van der Waals surface area contributed by atoms with Crippen molar-refractivity contribution in [1.29, 1.82) is 0 Å². The Balaban J connectivity index is 1.97. The van der Waals surface area contributed by atoms with Gasteiger partial charge in [0.1, 0.15) is 11.6 Å². The van der Waals surface area contributed by atoms with Crippen molar-refractivity contribution in [2.45, 2.75) is 6.42 Å². The molecule has 1 heterocycles. The van der Waals surface area contributed by atoms with E-state index in [2.05, 4.69) is 16.9 Å². The summed E-state index contributed by atoms with van der Waals surface area (Å²) in [5.74, 6) is 1.72. The number of nitrogens with zero attached hydrogens (tertiary/aromatic N) is 1. The molecule has 0 aliphatic rings. The number of aromatic nitrogens is 1. The van der Waals surface area contributed by atoms with Crippen molar-refractivity contribution in [3.05, 3.63) is 43.1 Å². The molecule has 2 rings (SSSR count). The van der Waals surface area contributed by atoms with Crippen molar-refractivity contribution in [2.24, 2.45) is 0 Å². The topological polar surface area (TPSA) is 43.4 Å². The number of nitrogens with one attached hydrogen (secondary N) is 1. The molecule has 1 aromatic carbocycles. The minimum atomic E-state index is 0.655. The summed E-state index contributed by atoms with van der Waals surface area (Å²) in [5.41, 5.74) is 0. The van der Waals surface area contributed by atoms with Gasteiger partial charge in [-0.05, 0) is 36.1 Å². The van der Waals surface area contributed by atoms with Crippen LogP contribution in [0.4, 0.5) is 5.82 Å². The number of hydrogen-bond acceptors (Lipinski definition) is 4. The van der Waals surface area contributed by atoms with Crippen LogP contribution in [0.5, 0.6) is 5.75 Å². The number of rotatable bonds is 8. The summed E-state index contributed by atoms with van der Waals surface area (Å²) in [7, 11) is 1.67. The molecule has 0 amide bonds. The second kappa shape index (κ2) is 7.50. The van der Waals surface area contributed by atoms with Crippen LogP contribution in [0, 0.1) is 0 Å². The van der Waals surface area contributed by atoms with E-state index in [1.54, 1.807) is 13.3 Å². The highest BCUT2D eigenvalue weighted by Crippen LogP contribution is 2.24. The van der Waals surface area contributed by atoms with Crippen LogP contribution in [0.15, 0.2) is 43.1 Å². The second-order valence-electron chi connectivity index (χ2n) is 4.36. The van der Waals surface area contributed by atoms with Crippen LogP contribution in [-0.4, -0.2) is 31.9 Å². The lowest BCUT2D eigenvalue weighted by molar-refractivity contribution is 0.149. The monoisotopic (exact) mass is 272 g/mol. The number of methoxy groups -OCH3 is 1. The van der Waals surface area contributed by atoms with Gasteiger partial charge in [-0.3, -0.25) is 0 Å². The maximum absolute atomic E-state index is 5.46. The largest absolute Gasteiger partial charge is 0.497 e. The fourth-order valence-electron chi connectivity index (χ4n) is 1.93. The van der Waals surface area contributed by atoms with Crippen LogP contribution in [0.2, 0.25) is 0 Å². The van der Waals surface area contributed by atoms with E-state index < -0.39 is 0 Å². The summed E-state index contributed by atoms with van der Waals surface area (Å²) in [6.45, 7) is 5.76. The van der Waals surface area contributed by atoms with E-state index in [-0.39, 0.29) is 0 Å². The smallest absolute Gasteiger partial charge is 0.133 e. The van der Waals surface area contributed by atoms with Gasteiger partial charge in [-0.2, -0.15) is 0 Å². The molecule has 106 valence electrons. The quantitative estimate of drug-likeness (QED) is 0.592. The molecule has 0 saturated carbocycles. The first-order valence-corrected chi connectivity index (χ1v) is 6.70. The third-order valence-electron chi connectivity index (χ3n) is 2.98. The molecule has 20 heavy (non-hydrogen) atoms.